The van der Waals surface area contributed by atoms with Gasteiger partial charge in [0, 0.05) is 16.6 Å². The first-order chi connectivity index (χ1) is 13.2. The van der Waals surface area contributed by atoms with Crippen LogP contribution in [-0.4, -0.2) is 36.1 Å². The highest BCUT2D eigenvalue weighted by Gasteiger charge is 2.40. The van der Waals surface area contributed by atoms with E-state index in [0.717, 1.165) is 24.3 Å². The molecule has 2 aromatic rings. The molecular formula is C22H20ClNO3. The lowest BCUT2D eigenvalue weighted by atomic mass is 9.94. The van der Waals surface area contributed by atoms with Gasteiger partial charge in [-0.25, -0.2) is 0 Å². The normalized spacial score (nSPS) is 23.1. The number of carbonyl (C=O) groups excluding carboxylic acids is 1. The van der Waals surface area contributed by atoms with E-state index in [9.17, 15) is 4.79 Å². The van der Waals surface area contributed by atoms with Gasteiger partial charge in [0.15, 0.2) is 11.5 Å². The van der Waals surface area contributed by atoms with Crippen LogP contribution in [0.1, 0.15) is 35.2 Å². The largest absolute Gasteiger partial charge is 0.486 e. The van der Waals surface area contributed by atoms with Crippen LogP contribution >= 0.6 is 11.6 Å². The Balaban J connectivity index is 1.41. The maximum atomic E-state index is 13.2. The van der Waals surface area contributed by atoms with Crippen LogP contribution in [0, 0.1) is 0 Å². The van der Waals surface area contributed by atoms with Crippen molar-refractivity contribution in [2.45, 2.75) is 31.3 Å². The molecule has 0 saturated carbocycles. The molecule has 0 radical (unpaired) electrons. The van der Waals surface area contributed by atoms with Crippen LogP contribution in [0.5, 0.6) is 11.5 Å². The minimum Gasteiger partial charge on any atom is -0.486 e. The minimum atomic E-state index is 0.0749. The lowest BCUT2D eigenvalue weighted by Gasteiger charge is -2.34. The van der Waals surface area contributed by atoms with Gasteiger partial charge in [0.25, 0.3) is 5.91 Å². The number of hydrogen-bond donors (Lipinski definition) is 0. The fourth-order valence-corrected chi connectivity index (χ4v) is 4.48. The fraction of sp³-hybridized carbons (Fsp3) is 0.318. The Morgan fingerprint density at radius 1 is 1.00 bits per heavy atom. The van der Waals surface area contributed by atoms with E-state index >= 15 is 0 Å². The molecule has 1 amide bonds. The van der Waals surface area contributed by atoms with Gasteiger partial charge in [-0.1, -0.05) is 29.8 Å². The average molecular weight is 382 g/mol. The number of carbonyl (C=O) groups is 1. The van der Waals surface area contributed by atoms with Crippen molar-refractivity contribution in [3.05, 3.63) is 64.7 Å². The third-order valence-corrected chi connectivity index (χ3v) is 5.89. The Morgan fingerprint density at radius 2 is 1.78 bits per heavy atom. The Morgan fingerprint density at radius 3 is 2.56 bits per heavy atom. The smallest absolute Gasteiger partial charge is 0.254 e. The molecule has 0 N–H and O–H groups in total. The van der Waals surface area contributed by atoms with Crippen molar-refractivity contribution in [3.8, 4) is 11.5 Å². The molecule has 0 aromatic heterocycles. The van der Waals surface area contributed by atoms with E-state index in [-0.39, 0.29) is 18.0 Å². The molecule has 2 unspecified atom stereocenters. The van der Waals surface area contributed by atoms with Crippen molar-refractivity contribution in [2.75, 3.05) is 13.2 Å². The molecule has 2 atom stereocenters. The molecule has 138 valence electrons. The van der Waals surface area contributed by atoms with Crippen molar-refractivity contribution in [3.63, 3.8) is 0 Å². The van der Waals surface area contributed by atoms with Gasteiger partial charge in [0.1, 0.15) is 13.2 Å². The zero-order valence-corrected chi connectivity index (χ0v) is 15.6. The third kappa shape index (κ3) is 2.98. The molecule has 3 aliphatic rings. The zero-order valence-electron chi connectivity index (χ0n) is 14.9. The summed E-state index contributed by atoms with van der Waals surface area (Å²) in [6.07, 6.45) is 5.18. The summed E-state index contributed by atoms with van der Waals surface area (Å²) in [6, 6.07) is 13.9. The summed E-state index contributed by atoms with van der Waals surface area (Å²) in [5, 5.41) is 0.744. The SMILES string of the molecule is O=C(c1ccc2c(c1)OCCO2)N1C2C=C(c3ccc(Cl)cc3)CC1CC2. The van der Waals surface area contributed by atoms with Crippen molar-refractivity contribution in [1.29, 1.82) is 0 Å². The van der Waals surface area contributed by atoms with Gasteiger partial charge in [-0.15, -0.1) is 0 Å². The molecule has 5 rings (SSSR count). The first kappa shape index (κ1) is 16.7. The van der Waals surface area contributed by atoms with Crippen LogP contribution in [0.25, 0.3) is 5.57 Å². The van der Waals surface area contributed by atoms with Crippen LogP contribution in [-0.2, 0) is 0 Å². The quantitative estimate of drug-likeness (QED) is 0.764. The van der Waals surface area contributed by atoms with Crippen molar-refractivity contribution in [2.24, 2.45) is 0 Å². The second-order valence-electron chi connectivity index (χ2n) is 7.27. The van der Waals surface area contributed by atoms with Crippen LogP contribution in [0.15, 0.2) is 48.5 Å². The predicted molar refractivity (Wildman–Crippen MR) is 104 cm³/mol. The van der Waals surface area contributed by atoms with Crippen molar-refractivity contribution >= 4 is 23.1 Å². The third-order valence-electron chi connectivity index (χ3n) is 5.63. The summed E-state index contributed by atoms with van der Waals surface area (Å²) in [5.41, 5.74) is 3.17. The molecule has 0 aliphatic carbocycles. The first-order valence-corrected chi connectivity index (χ1v) is 9.76. The fourth-order valence-electron chi connectivity index (χ4n) is 4.35. The van der Waals surface area contributed by atoms with Gasteiger partial charge in [0.05, 0.1) is 6.04 Å². The van der Waals surface area contributed by atoms with Gasteiger partial charge < -0.3 is 14.4 Å². The Kier molecular flexibility index (Phi) is 4.09. The lowest BCUT2D eigenvalue weighted by Crippen LogP contribution is -2.43. The zero-order chi connectivity index (χ0) is 18.4. The van der Waals surface area contributed by atoms with E-state index in [1.54, 1.807) is 0 Å². The molecule has 0 spiro atoms. The summed E-state index contributed by atoms with van der Waals surface area (Å²) in [5.74, 6) is 1.45. The molecule has 27 heavy (non-hydrogen) atoms. The first-order valence-electron chi connectivity index (χ1n) is 9.38. The molecule has 3 heterocycles. The summed E-state index contributed by atoms with van der Waals surface area (Å²) >= 11 is 6.01. The van der Waals surface area contributed by atoms with Crippen LogP contribution < -0.4 is 9.47 Å². The topological polar surface area (TPSA) is 38.8 Å². The monoisotopic (exact) mass is 381 g/mol. The molecule has 3 aliphatic heterocycles. The number of ether oxygens (including phenoxy) is 2. The van der Waals surface area contributed by atoms with Gasteiger partial charge >= 0.3 is 0 Å². The second-order valence-corrected chi connectivity index (χ2v) is 7.71. The molecule has 4 nitrogen and oxygen atoms in total. The van der Waals surface area contributed by atoms with Crippen LogP contribution in [0.3, 0.4) is 0 Å². The summed E-state index contributed by atoms with van der Waals surface area (Å²) in [4.78, 5) is 15.3. The van der Waals surface area contributed by atoms with E-state index in [0.29, 0.717) is 30.3 Å². The van der Waals surface area contributed by atoms with E-state index in [4.69, 9.17) is 21.1 Å². The van der Waals surface area contributed by atoms with Gasteiger partial charge in [0.2, 0.25) is 0 Å². The molecule has 5 heteroatoms. The van der Waals surface area contributed by atoms with E-state index in [1.165, 1.54) is 11.1 Å². The highest BCUT2D eigenvalue weighted by Crippen LogP contribution is 2.40. The molecule has 2 bridgehead atoms. The number of nitrogens with zero attached hydrogens (tertiary/aromatic N) is 1. The number of fused-ring (bicyclic) bond motifs is 3. The van der Waals surface area contributed by atoms with E-state index in [1.807, 2.05) is 35.2 Å². The van der Waals surface area contributed by atoms with Gasteiger partial charge in [-0.05, 0) is 60.7 Å². The predicted octanol–water partition coefficient (Wildman–Crippen LogP) is 4.57. The summed E-state index contributed by atoms with van der Waals surface area (Å²) in [7, 11) is 0. The van der Waals surface area contributed by atoms with Crippen molar-refractivity contribution in [1.82, 2.24) is 4.90 Å². The number of benzene rings is 2. The lowest BCUT2D eigenvalue weighted by molar-refractivity contribution is 0.0691. The standard InChI is InChI=1S/C22H20ClNO3/c23-17-4-1-14(2-5-17)16-11-18-6-7-19(12-16)24(18)22(25)15-3-8-20-21(13-15)27-10-9-26-20/h1-5,8,11,13,18-19H,6-7,9-10,12H2. The number of halogens is 1. The second kappa shape index (κ2) is 6.61. The highest BCUT2D eigenvalue weighted by atomic mass is 35.5. The number of hydrogen-bond acceptors (Lipinski definition) is 3. The summed E-state index contributed by atoms with van der Waals surface area (Å²) in [6.45, 7) is 1.07. The highest BCUT2D eigenvalue weighted by molar-refractivity contribution is 6.30. The maximum Gasteiger partial charge on any atom is 0.254 e. The molecule has 1 saturated heterocycles. The Labute approximate surface area is 163 Å². The average Bonchev–Trinajstić information content (AvgIpc) is 2.97. The number of rotatable bonds is 2. The van der Waals surface area contributed by atoms with Gasteiger partial charge in [-0.3, -0.25) is 4.79 Å². The Bertz CT molecular complexity index is 922. The van der Waals surface area contributed by atoms with Crippen LogP contribution in [0.2, 0.25) is 5.02 Å². The molecular weight excluding hydrogens is 362 g/mol. The number of amides is 1. The van der Waals surface area contributed by atoms with Gasteiger partial charge in [-0.2, -0.15) is 0 Å². The van der Waals surface area contributed by atoms with E-state index < -0.39 is 0 Å². The maximum absolute atomic E-state index is 13.2. The minimum absolute atomic E-state index is 0.0749. The summed E-state index contributed by atoms with van der Waals surface area (Å²) < 4.78 is 11.2. The van der Waals surface area contributed by atoms with Crippen LogP contribution in [0.4, 0.5) is 0 Å². The Hall–Kier alpha value is -2.46. The molecule has 2 aromatic carbocycles. The molecule has 1 fully saturated rings. The van der Waals surface area contributed by atoms with E-state index in [2.05, 4.69) is 18.2 Å². The van der Waals surface area contributed by atoms with Crippen molar-refractivity contribution < 1.29 is 14.3 Å².